The summed E-state index contributed by atoms with van der Waals surface area (Å²) >= 11 is 0. The molecule has 2 saturated heterocycles. The SMILES string of the molecule is CC(C)[C@@H](OC(=O)N(C)C)[C]1C[C@@H](C)[C@H]2[C](O1)[C@H](O)[C@@]1(C)[C]3CC[C@H]4C(C)(C)C(OC(=O)N5CCOCC5)CC[C@@]45C[C@@]35CC[C@]21C. The first-order chi connectivity index (χ1) is 22.0. The summed E-state index contributed by atoms with van der Waals surface area (Å²) in [5, 5.41) is 12.5. The third kappa shape index (κ3) is 4.56. The van der Waals surface area contributed by atoms with Gasteiger partial charge < -0.3 is 33.9 Å². The van der Waals surface area contributed by atoms with E-state index < -0.39 is 12.2 Å². The Labute approximate surface area is 282 Å². The van der Waals surface area contributed by atoms with Gasteiger partial charge in [0.05, 0.1) is 19.3 Å². The van der Waals surface area contributed by atoms with Gasteiger partial charge in [-0.15, -0.1) is 0 Å². The highest BCUT2D eigenvalue weighted by Gasteiger charge is 2.85. The number of hydrogen-bond donors (Lipinski definition) is 1. The average molecular weight is 656 g/mol. The zero-order valence-corrected chi connectivity index (χ0v) is 30.3. The molecule has 0 bridgehead atoms. The van der Waals surface area contributed by atoms with Crippen LogP contribution in [-0.2, 0) is 18.9 Å². The smallest absolute Gasteiger partial charge is 0.410 e. The van der Waals surface area contributed by atoms with Crippen LogP contribution in [0.15, 0.2) is 0 Å². The first-order valence-electron chi connectivity index (χ1n) is 18.4. The third-order valence-electron chi connectivity index (χ3n) is 15.0. The first-order valence-corrected chi connectivity index (χ1v) is 18.4. The number of carbonyl (C=O) groups is 2. The Bertz CT molecular complexity index is 1250. The second kappa shape index (κ2) is 11.2. The van der Waals surface area contributed by atoms with Crippen molar-refractivity contribution in [2.75, 3.05) is 40.4 Å². The molecule has 47 heavy (non-hydrogen) atoms. The fourth-order valence-corrected chi connectivity index (χ4v) is 12.6. The number of nitrogens with zero attached hydrogens (tertiary/aromatic N) is 2. The van der Waals surface area contributed by atoms with Crippen LogP contribution in [0.1, 0.15) is 99.8 Å². The summed E-state index contributed by atoms with van der Waals surface area (Å²) in [6.07, 6.45) is 7.94. The lowest BCUT2D eigenvalue weighted by Crippen LogP contribution is -2.59. The van der Waals surface area contributed by atoms with Crippen LogP contribution in [0.25, 0.3) is 0 Å². The van der Waals surface area contributed by atoms with Gasteiger partial charge in [-0.3, -0.25) is 0 Å². The molecule has 3 radical (unpaired) electrons. The Morgan fingerprint density at radius 1 is 1.04 bits per heavy atom. The van der Waals surface area contributed by atoms with Crippen LogP contribution < -0.4 is 0 Å². The largest absolute Gasteiger partial charge is 0.446 e. The van der Waals surface area contributed by atoms with Crippen LogP contribution in [0.4, 0.5) is 9.59 Å². The number of rotatable bonds is 4. The van der Waals surface area contributed by atoms with Crippen LogP contribution in [0.2, 0.25) is 0 Å². The minimum Gasteiger partial charge on any atom is -0.446 e. The van der Waals surface area contributed by atoms with Gasteiger partial charge in [0.1, 0.15) is 24.4 Å². The molecule has 2 aliphatic heterocycles. The van der Waals surface area contributed by atoms with Crippen molar-refractivity contribution in [3.05, 3.63) is 18.1 Å². The van der Waals surface area contributed by atoms with E-state index in [0.29, 0.717) is 32.2 Å². The summed E-state index contributed by atoms with van der Waals surface area (Å²) in [4.78, 5) is 29.1. The van der Waals surface area contributed by atoms with E-state index in [0.717, 1.165) is 57.2 Å². The number of amides is 2. The van der Waals surface area contributed by atoms with E-state index in [4.69, 9.17) is 18.9 Å². The van der Waals surface area contributed by atoms with Gasteiger partial charge in [0.2, 0.25) is 0 Å². The van der Waals surface area contributed by atoms with Gasteiger partial charge in [0, 0.05) is 43.9 Å². The van der Waals surface area contributed by atoms with Gasteiger partial charge in [-0.25, -0.2) is 9.59 Å². The Morgan fingerprint density at radius 2 is 1.74 bits per heavy atom. The van der Waals surface area contributed by atoms with Gasteiger partial charge in [0.25, 0.3) is 0 Å². The lowest BCUT2D eigenvalue weighted by molar-refractivity contribution is -0.130. The Balaban J connectivity index is 1.13. The fourth-order valence-electron chi connectivity index (χ4n) is 12.6. The molecule has 10 atom stereocenters. The number of hydrogen-bond acceptors (Lipinski definition) is 7. The standard InChI is InChI=1S/C38H59N2O7/c1-22(2)29(47-32(42)39(8)9)24-20-23(3)28-30(45-24)31(41)36(7)26-11-10-25-34(4,5)27(46-33(43)40-16-18-44-19-17-40)12-13-37(25)21-38(26,37)15-14-35(28,36)6/h22-23,25,27-29,31,41H,10-21H2,1-9H3/t23-,25+,27?,28+,29-,31+,35-,36-,37-,38+/m1/s1. The Kier molecular flexibility index (Phi) is 8.09. The highest BCUT2D eigenvalue weighted by Crippen LogP contribution is 2.90. The maximum Gasteiger partial charge on any atom is 0.410 e. The molecule has 5 aliphatic carbocycles. The lowest BCUT2D eigenvalue weighted by atomic mass is 9.41. The number of aliphatic hydroxyl groups excluding tert-OH is 1. The number of morpholine rings is 1. The van der Waals surface area contributed by atoms with Crippen molar-refractivity contribution in [1.82, 2.24) is 9.80 Å². The molecular weight excluding hydrogens is 596 g/mol. The third-order valence-corrected chi connectivity index (χ3v) is 15.0. The highest BCUT2D eigenvalue weighted by molar-refractivity contribution is 5.68. The van der Waals surface area contributed by atoms with Crippen molar-refractivity contribution in [3.63, 3.8) is 0 Å². The van der Waals surface area contributed by atoms with Crippen LogP contribution in [0.3, 0.4) is 0 Å². The van der Waals surface area contributed by atoms with Crippen LogP contribution in [0, 0.1) is 68.9 Å². The maximum absolute atomic E-state index is 13.2. The lowest BCUT2D eigenvalue weighted by Gasteiger charge is -2.63. The molecule has 0 aromatic carbocycles. The minimum absolute atomic E-state index is 0.0520. The molecule has 263 valence electrons. The molecule has 7 fully saturated rings. The molecular formula is C38H59N2O7. The normalized spacial score (nSPS) is 45.2. The van der Waals surface area contributed by atoms with Crippen molar-refractivity contribution in [2.24, 2.45) is 50.7 Å². The molecule has 2 amide bonds. The summed E-state index contributed by atoms with van der Waals surface area (Å²) in [6, 6.07) is 0. The fraction of sp³-hybridized carbons (Fsp3) is 0.868. The van der Waals surface area contributed by atoms with Crippen LogP contribution >= 0.6 is 0 Å². The molecule has 1 N–H and O–H groups in total. The molecule has 0 aromatic heterocycles. The number of carbonyl (C=O) groups excluding carboxylic acids is 2. The van der Waals surface area contributed by atoms with Gasteiger partial charge in [-0.1, -0.05) is 48.5 Å². The minimum atomic E-state index is -0.701. The summed E-state index contributed by atoms with van der Waals surface area (Å²) in [7, 11) is 3.40. The zero-order valence-electron chi connectivity index (χ0n) is 30.3. The predicted molar refractivity (Wildman–Crippen MR) is 176 cm³/mol. The van der Waals surface area contributed by atoms with E-state index in [2.05, 4.69) is 48.5 Å². The van der Waals surface area contributed by atoms with Crippen molar-refractivity contribution < 1.29 is 33.6 Å². The van der Waals surface area contributed by atoms with Crippen molar-refractivity contribution in [1.29, 1.82) is 0 Å². The topological polar surface area (TPSA) is 97.8 Å². The molecule has 0 aromatic rings. The highest BCUT2D eigenvalue weighted by atomic mass is 16.6. The van der Waals surface area contributed by atoms with E-state index in [-0.39, 0.29) is 63.1 Å². The molecule has 1 unspecified atom stereocenters. The van der Waals surface area contributed by atoms with Gasteiger partial charge in [0.15, 0.2) is 0 Å². The Morgan fingerprint density at radius 3 is 2.40 bits per heavy atom. The molecule has 7 rings (SSSR count). The van der Waals surface area contributed by atoms with E-state index >= 15 is 0 Å². The van der Waals surface area contributed by atoms with Gasteiger partial charge in [-0.2, -0.15) is 0 Å². The van der Waals surface area contributed by atoms with E-state index in [9.17, 15) is 14.7 Å². The number of fused-ring (bicyclic) bond motifs is 4. The molecule has 7 aliphatic rings. The quantitative estimate of drug-likeness (QED) is 0.363. The van der Waals surface area contributed by atoms with Crippen LogP contribution in [-0.4, -0.2) is 85.8 Å². The van der Waals surface area contributed by atoms with Gasteiger partial charge >= 0.3 is 12.2 Å². The first kappa shape index (κ1) is 33.9. The predicted octanol–water partition coefficient (Wildman–Crippen LogP) is 6.65. The van der Waals surface area contributed by atoms with E-state index in [1.807, 2.05) is 0 Å². The average Bonchev–Trinajstić information content (AvgIpc) is 3.65. The molecule has 9 nitrogen and oxygen atoms in total. The molecule has 5 saturated carbocycles. The van der Waals surface area contributed by atoms with Crippen molar-refractivity contribution >= 4 is 12.2 Å². The van der Waals surface area contributed by atoms with Crippen molar-refractivity contribution in [2.45, 2.75) is 118 Å². The van der Waals surface area contributed by atoms with Gasteiger partial charge in [-0.05, 0) is 91.3 Å². The number of ether oxygens (including phenoxy) is 4. The monoisotopic (exact) mass is 655 g/mol. The van der Waals surface area contributed by atoms with Crippen LogP contribution in [0.5, 0.6) is 0 Å². The second-order valence-electron chi connectivity index (χ2n) is 17.9. The molecule has 2 heterocycles. The summed E-state index contributed by atoms with van der Waals surface area (Å²) in [5.41, 5.74) is -0.279. The summed E-state index contributed by atoms with van der Waals surface area (Å²) in [5.74, 6) is 2.53. The molecule has 2 spiro atoms. The Hall–Kier alpha value is -1.58. The van der Waals surface area contributed by atoms with E-state index in [1.165, 1.54) is 11.3 Å². The van der Waals surface area contributed by atoms with Crippen molar-refractivity contribution in [3.8, 4) is 0 Å². The van der Waals surface area contributed by atoms with E-state index in [1.54, 1.807) is 24.9 Å². The second-order valence-corrected chi connectivity index (χ2v) is 17.9. The summed E-state index contributed by atoms with van der Waals surface area (Å²) < 4.78 is 24.5. The number of aliphatic hydroxyl groups is 1. The maximum atomic E-state index is 13.2. The summed E-state index contributed by atoms with van der Waals surface area (Å²) in [6.45, 7) is 18.2. The molecule has 9 heteroatoms. The zero-order chi connectivity index (χ0) is 33.9.